The largest absolute Gasteiger partial charge is 0.484 e. The molecular formula is C14H20N2O3. The van der Waals surface area contributed by atoms with Crippen LogP contribution in [0.15, 0.2) is 24.3 Å². The molecule has 0 aromatic heterocycles. The van der Waals surface area contributed by atoms with E-state index in [2.05, 4.69) is 5.32 Å². The van der Waals surface area contributed by atoms with Crippen LogP contribution >= 0.6 is 0 Å². The standard InChI is InChI=1S/C14H20N2O3/c15-11-4-2-5-12(7-11)19-9-14(18)16-13-6-1-3-10(13)8-17/h2,4-5,7,10,13,17H,1,3,6,8-9,15H2,(H,16,18). The second-order valence-corrected chi connectivity index (χ2v) is 4.91. The van der Waals surface area contributed by atoms with Gasteiger partial charge in [0.25, 0.3) is 5.91 Å². The number of nitrogens with one attached hydrogen (secondary N) is 1. The number of carbonyl (C=O) groups is 1. The Hall–Kier alpha value is -1.75. The maximum absolute atomic E-state index is 11.8. The summed E-state index contributed by atoms with van der Waals surface area (Å²) < 4.78 is 5.37. The number of aliphatic hydroxyl groups excluding tert-OH is 1. The van der Waals surface area contributed by atoms with Crippen LogP contribution in [0.25, 0.3) is 0 Å². The van der Waals surface area contributed by atoms with Crippen LogP contribution < -0.4 is 15.8 Å². The third kappa shape index (κ3) is 3.86. The minimum absolute atomic E-state index is 0.0297. The number of carbonyl (C=O) groups excluding carboxylic acids is 1. The monoisotopic (exact) mass is 264 g/mol. The fourth-order valence-corrected chi connectivity index (χ4v) is 2.45. The molecule has 1 aromatic rings. The van der Waals surface area contributed by atoms with E-state index < -0.39 is 0 Å². The first kappa shape index (κ1) is 13.7. The zero-order chi connectivity index (χ0) is 13.7. The van der Waals surface area contributed by atoms with Crippen molar-refractivity contribution in [2.75, 3.05) is 18.9 Å². The minimum Gasteiger partial charge on any atom is -0.484 e. The van der Waals surface area contributed by atoms with Gasteiger partial charge in [-0.3, -0.25) is 4.79 Å². The molecular weight excluding hydrogens is 244 g/mol. The number of nitrogen functional groups attached to an aromatic ring is 1. The Morgan fingerprint density at radius 3 is 3.05 bits per heavy atom. The number of ether oxygens (including phenoxy) is 1. The van der Waals surface area contributed by atoms with Crippen LogP contribution in [0.5, 0.6) is 5.75 Å². The van der Waals surface area contributed by atoms with Crippen LogP contribution in [0.4, 0.5) is 5.69 Å². The molecule has 0 bridgehead atoms. The molecule has 1 saturated carbocycles. The highest BCUT2D eigenvalue weighted by molar-refractivity contribution is 5.78. The minimum atomic E-state index is -0.159. The van der Waals surface area contributed by atoms with E-state index in [0.717, 1.165) is 19.3 Å². The Bertz CT molecular complexity index is 436. The fourth-order valence-electron chi connectivity index (χ4n) is 2.45. The van der Waals surface area contributed by atoms with Crippen LogP contribution in [0.2, 0.25) is 0 Å². The van der Waals surface area contributed by atoms with Crippen LogP contribution in [-0.4, -0.2) is 30.3 Å². The summed E-state index contributed by atoms with van der Waals surface area (Å²) in [5.41, 5.74) is 6.23. The lowest BCUT2D eigenvalue weighted by Crippen LogP contribution is -2.40. The molecule has 2 rings (SSSR count). The van der Waals surface area contributed by atoms with Gasteiger partial charge in [0.15, 0.2) is 6.61 Å². The zero-order valence-electron chi connectivity index (χ0n) is 10.8. The second-order valence-electron chi connectivity index (χ2n) is 4.91. The first-order chi connectivity index (χ1) is 9.19. The van der Waals surface area contributed by atoms with Crippen molar-refractivity contribution < 1.29 is 14.6 Å². The quantitative estimate of drug-likeness (QED) is 0.691. The number of hydrogen-bond donors (Lipinski definition) is 3. The van der Waals surface area contributed by atoms with Gasteiger partial charge in [-0.1, -0.05) is 12.5 Å². The average Bonchev–Trinajstić information content (AvgIpc) is 2.84. The van der Waals surface area contributed by atoms with E-state index in [1.54, 1.807) is 24.3 Å². The third-order valence-electron chi connectivity index (χ3n) is 3.47. The summed E-state index contributed by atoms with van der Waals surface area (Å²) in [6, 6.07) is 7.05. The van der Waals surface area contributed by atoms with Crippen molar-refractivity contribution in [2.24, 2.45) is 5.92 Å². The normalized spacial score (nSPS) is 22.2. The molecule has 1 aliphatic carbocycles. The van der Waals surface area contributed by atoms with Crippen LogP contribution in [0, 0.1) is 5.92 Å². The Morgan fingerprint density at radius 1 is 1.47 bits per heavy atom. The summed E-state index contributed by atoms with van der Waals surface area (Å²) in [4.78, 5) is 11.8. The average molecular weight is 264 g/mol. The summed E-state index contributed by atoms with van der Waals surface area (Å²) in [6.07, 6.45) is 2.94. The van der Waals surface area contributed by atoms with Gasteiger partial charge in [-0.05, 0) is 25.0 Å². The highest BCUT2D eigenvalue weighted by Gasteiger charge is 2.27. The molecule has 2 unspecified atom stereocenters. The molecule has 1 aliphatic rings. The van der Waals surface area contributed by atoms with Gasteiger partial charge in [-0.25, -0.2) is 0 Å². The number of rotatable bonds is 5. The van der Waals surface area contributed by atoms with Gasteiger partial charge in [0.2, 0.25) is 0 Å². The van der Waals surface area contributed by atoms with E-state index in [0.29, 0.717) is 11.4 Å². The summed E-state index contributed by atoms with van der Waals surface area (Å²) in [6.45, 7) is 0.0964. The van der Waals surface area contributed by atoms with E-state index in [1.807, 2.05) is 0 Å². The van der Waals surface area contributed by atoms with Crippen molar-refractivity contribution in [1.82, 2.24) is 5.32 Å². The predicted octanol–water partition coefficient (Wildman–Crippen LogP) is 0.925. The topological polar surface area (TPSA) is 84.6 Å². The lowest BCUT2D eigenvalue weighted by atomic mass is 10.1. The molecule has 5 nitrogen and oxygen atoms in total. The lowest BCUT2D eigenvalue weighted by Gasteiger charge is -2.19. The van der Waals surface area contributed by atoms with E-state index in [4.69, 9.17) is 10.5 Å². The molecule has 0 spiro atoms. The summed E-state index contributed by atoms with van der Waals surface area (Å²) in [7, 11) is 0. The second kappa shape index (κ2) is 6.43. The van der Waals surface area contributed by atoms with Gasteiger partial charge in [0.1, 0.15) is 5.75 Å². The number of nitrogens with two attached hydrogens (primary N) is 1. The molecule has 1 amide bonds. The molecule has 0 saturated heterocycles. The Labute approximate surface area is 112 Å². The van der Waals surface area contributed by atoms with Gasteiger partial charge in [-0.2, -0.15) is 0 Å². The van der Waals surface area contributed by atoms with E-state index in [9.17, 15) is 9.90 Å². The predicted molar refractivity (Wildman–Crippen MR) is 72.7 cm³/mol. The van der Waals surface area contributed by atoms with Crippen molar-refractivity contribution in [3.05, 3.63) is 24.3 Å². The van der Waals surface area contributed by atoms with Crippen molar-refractivity contribution in [3.63, 3.8) is 0 Å². The molecule has 19 heavy (non-hydrogen) atoms. The molecule has 2 atom stereocenters. The van der Waals surface area contributed by atoms with Crippen molar-refractivity contribution >= 4 is 11.6 Å². The number of benzene rings is 1. The van der Waals surface area contributed by atoms with Gasteiger partial charge in [-0.15, -0.1) is 0 Å². The smallest absolute Gasteiger partial charge is 0.258 e. The Morgan fingerprint density at radius 2 is 2.32 bits per heavy atom. The lowest BCUT2D eigenvalue weighted by molar-refractivity contribution is -0.124. The number of anilines is 1. The Kier molecular flexibility index (Phi) is 4.63. The first-order valence-electron chi connectivity index (χ1n) is 6.57. The molecule has 1 fully saturated rings. The zero-order valence-corrected chi connectivity index (χ0v) is 10.8. The van der Waals surface area contributed by atoms with E-state index in [1.165, 1.54) is 0 Å². The third-order valence-corrected chi connectivity index (χ3v) is 3.47. The van der Waals surface area contributed by atoms with Gasteiger partial charge < -0.3 is 20.9 Å². The van der Waals surface area contributed by atoms with Gasteiger partial charge in [0, 0.05) is 30.3 Å². The van der Waals surface area contributed by atoms with Gasteiger partial charge >= 0.3 is 0 Å². The fraction of sp³-hybridized carbons (Fsp3) is 0.500. The number of aliphatic hydroxyl groups is 1. The number of hydrogen-bond acceptors (Lipinski definition) is 4. The summed E-state index contributed by atoms with van der Waals surface area (Å²) >= 11 is 0. The molecule has 0 aliphatic heterocycles. The van der Waals surface area contributed by atoms with Crippen LogP contribution in [-0.2, 0) is 4.79 Å². The maximum atomic E-state index is 11.8. The Balaban J connectivity index is 1.78. The van der Waals surface area contributed by atoms with E-state index in [-0.39, 0.29) is 31.1 Å². The van der Waals surface area contributed by atoms with Crippen LogP contribution in [0.1, 0.15) is 19.3 Å². The maximum Gasteiger partial charge on any atom is 0.258 e. The number of amides is 1. The molecule has 1 aromatic carbocycles. The molecule has 4 N–H and O–H groups in total. The summed E-state index contributed by atoms with van der Waals surface area (Å²) in [5, 5.41) is 12.1. The first-order valence-corrected chi connectivity index (χ1v) is 6.57. The highest BCUT2D eigenvalue weighted by atomic mass is 16.5. The molecule has 104 valence electrons. The van der Waals surface area contributed by atoms with E-state index >= 15 is 0 Å². The summed E-state index contributed by atoms with van der Waals surface area (Å²) in [5.74, 6) is 0.601. The molecule has 0 heterocycles. The molecule has 0 radical (unpaired) electrons. The SMILES string of the molecule is Nc1cccc(OCC(=O)NC2CCCC2CO)c1. The van der Waals surface area contributed by atoms with Crippen molar-refractivity contribution in [2.45, 2.75) is 25.3 Å². The van der Waals surface area contributed by atoms with Crippen molar-refractivity contribution in [3.8, 4) is 5.75 Å². The molecule has 5 heteroatoms. The van der Waals surface area contributed by atoms with Crippen molar-refractivity contribution in [1.29, 1.82) is 0 Å². The van der Waals surface area contributed by atoms with Gasteiger partial charge in [0.05, 0.1) is 0 Å². The van der Waals surface area contributed by atoms with Crippen LogP contribution in [0.3, 0.4) is 0 Å². The highest BCUT2D eigenvalue weighted by Crippen LogP contribution is 2.24.